The first-order valence-corrected chi connectivity index (χ1v) is 28.3. The SMILES string of the molecule is COCC(=O)N(C)c1c(I)c(C(=O)NCC(O)CN2CCN(CC(C)=O)CCN(CC(=O)O)CCN(CC(=O)O)CC2)c(I)c(C(=O)NCC(O)CN2CCN(CC(=O)O)CCN(CC(=O)O)CCN(CC(=O)O)CC2)c1I.[Gd+3].[Gd+3]. The van der Waals surface area contributed by atoms with Crippen LogP contribution >= 0.6 is 67.8 Å². The number of carboxylic acids is 5. The van der Waals surface area contributed by atoms with Crippen molar-refractivity contribution in [2.75, 3.05) is 196 Å². The number of aliphatic hydroxyl groups excluding tert-OH is 2. The molecule has 33 heteroatoms. The number of carbonyl (C=O) groups excluding carboxylic acids is 4. The molecule has 2 saturated heterocycles. The van der Waals surface area contributed by atoms with E-state index in [9.17, 15) is 78.9 Å². The van der Waals surface area contributed by atoms with E-state index in [-0.39, 0.29) is 257 Å². The average Bonchev–Trinajstić information content (AvgIpc) is 3.33. The number of hydrogen-bond donors (Lipinski definition) is 9. The molecule has 2 unspecified atom stereocenters. The molecule has 1 aromatic rings. The van der Waals surface area contributed by atoms with Crippen molar-refractivity contribution in [1.29, 1.82) is 0 Å². The summed E-state index contributed by atoms with van der Waals surface area (Å²) in [6, 6.07) is 0. The van der Waals surface area contributed by atoms with Crippen LogP contribution in [0.4, 0.5) is 5.69 Å². The third-order valence-corrected chi connectivity index (χ3v) is 15.9. The van der Waals surface area contributed by atoms with Crippen LogP contribution in [0.2, 0.25) is 0 Å². The Hall–Kier alpha value is -0.951. The van der Waals surface area contributed by atoms with Crippen LogP contribution in [0.5, 0.6) is 0 Å². The number of amides is 3. The zero-order valence-electron chi connectivity index (χ0n) is 44.8. The molecule has 80 heavy (non-hydrogen) atoms. The summed E-state index contributed by atoms with van der Waals surface area (Å²) in [5.41, 5.74) is 0.227. The quantitative estimate of drug-likeness (QED) is 0.0434. The monoisotopic (exact) mass is 1760 g/mol. The molecule has 9 N–H and O–H groups in total. The van der Waals surface area contributed by atoms with Crippen LogP contribution < -0.4 is 15.5 Å². The van der Waals surface area contributed by atoms with Gasteiger partial charge in [0.25, 0.3) is 17.7 Å². The zero-order chi connectivity index (χ0) is 58.2. The molecule has 2 aliphatic heterocycles. The summed E-state index contributed by atoms with van der Waals surface area (Å²) in [5, 5.41) is 76.3. The Labute approximate surface area is 570 Å². The molecule has 2 atom stereocenters. The van der Waals surface area contributed by atoms with Crippen LogP contribution in [0, 0.1) is 90.6 Å². The van der Waals surface area contributed by atoms with E-state index in [4.69, 9.17) is 4.74 Å². The van der Waals surface area contributed by atoms with Gasteiger partial charge in [-0.2, -0.15) is 0 Å². The van der Waals surface area contributed by atoms with E-state index >= 15 is 0 Å². The largest absolute Gasteiger partial charge is 3.00 e. The number of likely N-dealkylation sites (N-methyl/N-ethyl adjacent to an activating group) is 1. The summed E-state index contributed by atoms with van der Waals surface area (Å²) in [6.07, 6.45) is -2.40. The molecule has 2 radical (unpaired) electrons. The molecule has 0 aliphatic carbocycles. The van der Waals surface area contributed by atoms with Gasteiger partial charge in [-0.3, -0.25) is 82.4 Å². The predicted molar refractivity (Wildman–Crippen MR) is 307 cm³/mol. The van der Waals surface area contributed by atoms with Gasteiger partial charge in [0.15, 0.2) is 0 Å². The first-order chi connectivity index (χ1) is 36.8. The summed E-state index contributed by atoms with van der Waals surface area (Å²) in [7, 11) is 2.80. The van der Waals surface area contributed by atoms with Crippen molar-refractivity contribution in [2.24, 2.45) is 0 Å². The van der Waals surface area contributed by atoms with Crippen molar-refractivity contribution in [1.82, 2.24) is 49.8 Å². The smallest absolute Gasteiger partial charge is 0.480 e. The molecule has 2 fully saturated rings. The van der Waals surface area contributed by atoms with Crippen molar-refractivity contribution in [3.63, 3.8) is 0 Å². The van der Waals surface area contributed by atoms with Crippen molar-refractivity contribution in [2.45, 2.75) is 19.1 Å². The van der Waals surface area contributed by atoms with E-state index in [1.54, 1.807) is 24.5 Å². The fraction of sp³-hybridized carbons (Fsp3) is 0.681. The summed E-state index contributed by atoms with van der Waals surface area (Å²) < 4.78 is 5.87. The van der Waals surface area contributed by atoms with E-state index in [0.29, 0.717) is 33.3 Å². The molecule has 2 heterocycles. The number of nitrogens with one attached hydrogen (secondary N) is 2. The standard InChI is InChI=1S/C47H74I3N11O17.2Gd/c1-31(62)22-54-4-6-55(7-11-58(26-36(68)69)15-14-57(10-5-54)25-35(66)67)23-32(63)20-51-46(76)40-42(48)41(44(50)45(43(40)49)53(2)34(65)30-78-3)47(77)52-21-33(64)24-56-8-12-59(27-37(70)71)16-18-61(29-39(74)75)19-17-60(13-9-56)28-38(72)73;;/h32-33,63-64H,4-30H2,1-3H3,(H,51,76)(H,52,77)(H,66,67)(H,68,69)(H,70,71)(H,72,73)(H,74,75);;/q;2*+3. The van der Waals surface area contributed by atoms with E-state index in [0.717, 1.165) is 0 Å². The summed E-state index contributed by atoms with van der Waals surface area (Å²) in [4.78, 5) is 128. The summed E-state index contributed by atoms with van der Waals surface area (Å²) in [5.74, 6) is -7.38. The maximum atomic E-state index is 14.3. The van der Waals surface area contributed by atoms with Gasteiger partial charge >= 0.3 is 110 Å². The molecule has 450 valence electrons. The number of anilines is 1. The number of hydrogen-bond acceptors (Lipinski definition) is 20. The molecule has 0 aromatic heterocycles. The van der Waals surface area contributed by atoms with Gasteiger partial charge in [0, 0.05) is 149 Å². The minimum Gasteiger partial charge on any atom is -0.480 e. The second-order valence-corrected chi connectivity index (χ2v) is 22.3. The Kier molecular flexibility index (Phi) is 38.9. The third kappa shape index (κ3) is 29.0. The van der Waals surface area contributed by atoms with E-state index in [1.807, 2.05) is 82.5 Å². The normalized spacial score (nSPS) is 17.8. The molecular weight excluding hydrogens is 1690 g/mol. The van der Waals surface area contributed by atoms with Gasteiger partial charge in [-0.25, -0.2) is 0 Å². The number of nitrogens with zero attached hydrogens (tertiary/aromatic N) is 9. The van der Waals surface area contributed by atoms with Crippen LogP contribution in [-0.2, 0) is 38.3 Å². The number of aliphatic hydroxyl groups is 2. The number of β-amino-alcohol motifs (C(OH)–C–C–N with tert-alkyl or cyclic N) is 2. The number of rotatable bonds is 25. The minimum absolute atomic E-state index is 0. The maximum Gasteiger partial charge on any atom is 3.00 e. The number of methoxy groups -OCH3 is 1. The Morgan fingerprint density at radius 2 is 0.725 bits per heavy atom. The summed E-state index contributed by atoms with van der Waals surface area (Å²) in [6.45, 7) is 3.09. The fourth-order valence-corrected chi connectivity index (χ4v) is 13.6. The molecule has 0 bridgehead atoms. The maximum absolute atomic E-state index is 14.3. The summed E-state index contributed by atoms with van der Waals surface area (Å²) >= 11 is 5.69. The molecule has 28 nitrogen and oxygen atoms in total. The van der Waals surface area contributed by atoms with E-state index in [1.165, 1.54) is 26.0 Å². The Balaban J connectivity index is 0.0000160. The van der Waals surface area contributed by atoms with Gasteiger partial charge < -0.3 is 56.0 Å². The molecule has 1 aromatic carbocycles. The van der Waals surface area contributed by atoms with Gasteiger partial charge in [-0.15, -0.1) is 0 Å². The predicted octanol–water partition coefficient (Wildman–Crippen LogP) is -3.25. The van der Waals surface area contributed by atoms with Crippen LogP contribution in [0.3, 0.4) is 0 Å². The van der Waals surface area contributed by atoms with Gasteiger partial charge in [-0.05, 0) is 74.7 Å². The average molecular weight is 1760 g/mol. The van der Waals surface area contributed by atoms with Crippen molar-refractivity contribution in [3.05, 3.63) is 21.8 Å². The second kappa shape index (κ2) is 40.4. The number of carboxylic acid groups (broad SMARTS) is 5. The molecule has 3 rings (SSSR count). The number of halogens is 3. The van der Waals surface area contributed by atoms with E-state index < -0.39 is 59.8 Å². The van der Waals surface area contributed by atoms with Gasteiger partial charge in [0.2, 0.25) is 0 Å². The van der Waals surface area contributed by atoms with Crippen molar-refractivity contribution < 1.29 is 164 Å². The third-order valence-electron chi connectivity index (χ3n) is 12.8. The first-order valence-electron chi connectivity index (χ1n) is 25.0. The molecular formula is C47H74Gd2I3N11O17+6. The van der Waals surface area contributed by atoms with Crippen LogP contribution in [0.1, 0.15) is 27.6 Å². The number of ether oxygens (including phenoxy) is 1. The van der Waals surface area contributed by atoms with Gasteiger partial charge in [0.05, 0.1) is 75.4 Å². The van der Waals surface area contributed by atoms with Crippen molar-refractivity contribution in [3.8, 4) is 0 Å². The molecule has 3 amide bonds. The Morgan fingerprint density at radius 3 is 0.963 bits per heavy atom. The topological polar surface area (TPSA) is 358 Å². The van der Waals surface area contributed by atoms with Crippen molar-refractivity contribution >= 4 is 127 Å². The van der Waals surface area contributed by atoms with Crippen LogP contribution in [0.15, 0.2) is 0 Å². The first kappa shape index (κ1) is 77.1. The molecule has 0 spiro atoms. The van der Waals surface area contributed by atoms with Gasteiger partial charge in [0.1, 0.15) is 12.4 Å². The second-order valence-electron chi connectivity index (χ2n) is 19.1. The zero-order valence-corrected chi connectivity index (χ0v) is 55.8. The number of benzene rings is 1. The Bertz CT molecular complexity index is 2050. The minimum atomic E-state index is -1.22. The van der Waals surface area contributed by atoms with Crippen LogP contribution in [-0.4, -0.2) is 331 Å². The number of Topliss-reactive ketones (excluding diaryl/α,β-unsaturated/α-hetero) is 1. The number of aliphatic carboxylic acids is 5. The molecule has 0 saturated carbocycles. The molecule has 2 aliphatic rings. The number of ketones is 1. The van der Waals surface area contributed by atoms with Crippen LogP contribution in [0.25, 0.3) is 0 Å². The fourth-order valence-electron chi connectivity index (χ4n) is 8.75. The van der Waals surface area contributed by atoms with Gasteiger partial charge in [-0.1, -0.05) is 0 Å². The van der Waals surface area contributed by atoms with E-state index in [2.05, 4.69) is 10.6 Å². The Morgan fingerprint density at radius 1 is 0.475 bits per heavy atom. The number of carbonyl (C=O) groups is 9.